The van der Waals surface area contributed by atoms with Crippen molar-refractivity contribution >= 4 is 5.91 Å². The van der Waals surface area contributed by atoms with Crippen LogP contribution in [0.1, 0.15) is 35.2 Å². The Labute approximate surface area is 145 Å². The van der Waals surface area contributed by atoms with E-state index in [1.165, 1.54) is 24.3 Å². The number of ether oxygens (including phenoxy) is 1. The van der Waals surface area contributed by atoms with Gasteiger partial charge in [-0.1, -0.05) is 36.4 Å². The second-order valence-corrected chi connectivity index (χ2v) is 5.81. The quantitative estimate of drug-likeness (QED) is 0.766. The van der Waals surface area contributed by atoms with Gasteiger partial charge >= 0.3 is 6.61 Å². The number of alkyl halides is 2. The van der Waals surface area contributed by atoms with E-state index in [9.17, 15) is 18.7 Å². The van der Waals surface area contributed by atoms with Crippen LogP contribution in [-0.2, 0) is 0 Å². The Hall–Kier alpha value is -2.47. The molecule has 0 aliphatic heterocycles. The summed E-state index contributed by atoms with van der Waals surface area (Å²) in [4.78, 5) is 12.3. The number of amides is 1. The minimum atomic E-state index is -2.94. The molecule has 0 aromatic heterocycles. The molecule has 0 aliphatic rings. The maximum Gasteiger partial charge on any atom is 0.387 e. The number of nitrogens with one attached hydrogen (secondary N) is 1. The fourth-order valence-corrected chi connectivity index (χ4v) is 2.61. The van der Waals surface area contributed by atoms with Crippen LogP contribution in [0.3, 0.4) is 0 Å². The van der Waals surface area contributed by atoms with Gasteiger partial charge in [-0.3, -0.25) is 4.79 Å². The molecule has 0 bridgehead atoms. The number of aliphatic hydroxyl groups excluding tert-OH is 1. The van der Waals surface area contributed by atoms with E-state index < -0.39 is 12.7 Å². The minimum Gasteiger partial charge on any atom is -0.435 e. The van der Waals surface area contributed by atoms with E-state index in [0.717, 1.165) is 5.56 Å². The van der Waals surface area contributed by atoms with Gasteiger partial charge in [-0.2, -0.15) is 8.78 Å². The number of hydrogen-bond acceptors (Lipinski definition) is 3. The highest BCUT2D eigenvalue weighted by Gasteiger charge is 2.16. The molecule has 2 aromatic rings. The molecule has 0 spiro atoms. The van der Waals surface area contributed by atoms with Gasteiger partial charge in [0.25, 0.3) is 5.91 Å². The fourth-order valence-electron chi connectivity index (χ4n) is 2.61. The Kier molecular flexibility index (Phi) is 6.89. The van der Waals surface area contributed by atoms with Crippen LogP contribution in [0, 0.1) is 0 Å². The van der Waals surface area contributed by atoms with Crippen LogP contribution in [0.25, 0.3) is 0 Å². The highest BCUT2D eigenvalue weighted by molar-refractivity contribution is 5.94. The van der Waals surface area contributed by atoms with Gasteiger partial charge in [-0.25, -0.2) is 0 Å². The van der Waals surface area contributed by atoms with Crippen molar-refractivity contribution in [2.45, 2.75) is 32.0 Å². The predicted molar refractivity (Wildman–Crippen MR) is 90.9 cm³/mol. The lowest BCUT2D eigenvalue weighted by molar-refractivity contribution is -0.0498. The van der Waals surface area contributed by atoms with Crippen LogP contribution in [-0.4, -0.2) is 30.3 Å². The standard InChI is InChI=1S/C19H21F2NO3/c1-13(23)10-16(14-6-3-2-4-7-14)12-22-18(24)15-8-5-9-17(11-15)25-19(20)21/h2-9,11,13,16,19,23H,10,12H2,1H3,(H,22,24). The first kappa shape index (κ1) is 18.9. The summed E-state index contributed by atoms with van der Waals surface area (Å²) in [6.45, 7) is -0.914. The molecule has 2 unspecified atom stereocenters. The zero-order chi connectivity index (χ0) is 18.2. The van der Waals surface area contributed by atoms with Crippen molar-refractivity contribution < 1.29 is 23.4 Å². The van der Waals surface area contributed by atoms with Gasteiger partial charge < -0.3 is 15.2 Å². The Morgan fingerprint density at radius 2 is 1.88 bits per heavy atom. The maximum atomic E-state index is 12.3. The lowest BCUT2D eigenvalue weighted by Gasteiger charge is -2.19. The lowest BCUT2D eigenvalue weighted by Crippen LogP contribution is -2.29. The van der Waals surface area contributed by atoms with Crippen molar-refractivity contribution in [3.63, 3.8) is 0 Å². The number of benzene rings is 2. The minimum absolute atomic E-state index is 0.0503. The number of hydrogen-bond donors (Lipinski definition) is 2. The number of carbonyl (C=O) groups excluding carboxylic acids is 1. The first-order valence-electron chi connectivity index (χ1n) is 8.01. The summed E-state index contributed by atoms with van der Waals surface area (Å²) >= 11 is 0. The molecule has 0 heterocycles. The summed E-state index contributed by atoms with van der Waals surface area (Å²) in [5, 5.41) is 12.5. The molecule has 0 fully saturated rings. The predicted octanol–water partition coefficient (Wildman–Crippen LogP) is 3.57. The Morgan fingerprint density at radius 1 is 1.16 bits per heavy atom. The third kappa shape index (κ3) is 6.15. The molecular weight excluding hydrogens is 328 g/mol. The maximum absolute atomic E-state index is 12.3. The molecule has 0 saturated carbocycles. The highest BCUT2D eigenvalue weighted by Crippen LogP contribution is 2.21. The molecule has 6 heteroatoms. The molecule has 2 atom stereocenters. The van der Waals surface area contributed by atoms with Crippen LogP contribution in [0.5, 0.6) is 5.75 Å². The molecule has 134 valence electrons. The molecule has 2 N–H and O–H groups in total. The van der Waals surface area contributed by atoms with E-state index in [4.69, 9.17) is 0 Å². The van der Waals surface area contributed by atoms with Crippen LogP contribution >= 0.6 is 0 Å². The molecular formula is C19H21F2NO3. The van der Waals surface area contributed by atoms with Crippen LogP contribution in [0.2, 0.25) is 0 Å². The smallest absolute Gasteiger partial charge is 0.387 e. The summed E-state index contributed by atoms with van der Waals surface area (Å²) in [6.07, 6.45) is -0.0105. The summed E-state index contributed by atoms with van der Waals surface area (Å²) in [7, 11) is 0. The van der Waals surface area contributed by atoms with Gasteiger partial charge in [0.1, 0.15) is 5.75 Å². The van der Waals surface area contributed by atoms with Crippen molar-refractivity contribution in [1.29, 1.82) is 0 Å². The largest absolute Gasteiger partial charge is 0.435 e. The Balaban J connectivity index is 2.03. The topological polar surface area (TPSA) is 58.6 Å². The average Bonchev–Trinajstić information content (AvgIpc) is 2.58. The third-order valence-corrected chi connectivity index (χ3v) is 3.73. The molecule has 4 nitrogen and oxygen atoms in total. The molecule has 0 saturated heterocycles. The average molecular weight is 349 g/mol. The van der Waals surface area contributed by atoms with Crippen molar-refractivity contribution in [1.82, 2.24) is 5.32 Å². The Morgan fingerprint density at radius 3 is 2.52 bits per heavy atom. The summed E-state index contributed by atoms with van der Waals surface area (Å²) in [6, 6.07) is 15.2. The van der Waals surface area contributed by atoms with E-state index in [-0.39, 0.29) is 23.1 Å². The van der Waals surface area contributed by atoms with Gasteiger partial charge in [-0.15, -0.1) is 0 Å². The molecule has 2 rings (SSSR count). The summed E-state index contributed by atoms with van der Waals surface area (Å²) in [5.41, 5.74) is 1.25. The fraction of sp³-hybridized carbons (Fsp3) is 0.316. The normalized spacial score (nSPS) is 13.3. The van der Waals surface area contributed by atoms with Crippen molar-refractivity contribution in [2.24, 2.45) is 0 Å². The summed E-state index contributed by atoms with van der Waals surface area (Å²) < 4.78 is 28.8. The van der Waals surface area contributed by atoms with Gasteiger partial charge in [-0.05, 0) is 37.1 Å². The molecule has 0 radical (unpaired) electrons. The third-order valence-electron chi connectivity index (χ3n) is 3.73. The van der Waals surface area contributed by atoms with E-state index in [2.05, 4.69) is 10.1 Å². The SMILES string of the molecule is CC(O)CC(CNC(=O)c1cccc(OC(F)F)c1)c1ccccc1. The second-order valence-electron chi connectivity index (χ2n) is 5.81. The van der Waals surface area contributed by atoms with Gasteiger partial charge in [0.15, 0.2) is 0 Å². The van der Waals surface area contributed by atoms with Crippen LogP contribution in [0.4, 0.5) is 8.78 Å². The second kappa shape index (κ2) is 9.13. The lowest BCUT2D eigenvalue weighted by atomic mass is 9.93. The molecule has 2 aromatic carbocycles. The van der Waals surface area contributed by atoms with Gasteiger partial charge in [0.05, 0.1) is 6.10 Å². The summed E-state index contributed by atoms with van der Waals surface area (Å²) in [5.74, 6) is -0.497. The zero-order valence-corrected chi connectivity index (χ0v) is 13.9. The van der Waals surface area contributed by atoms with E-state index >= 15 is 0 Å². The van der Waals surface area contributed by atoms with Gasteiger partial charge in [0.2, 0.25) is 0 Å². The van der Waals surface area contributed by atoms with Crippen LogP contribution in [0.15, 0.2) is 54.6 Å². The van der Waals surface area contributed by atoms with Crippen LogP contribution < -0.4 is 10.1 Å². The van der Waals surface area contributed by atoms with E-state index in [0.29, 0.717) is 13.0 Å². The van der Waals surface area contributed by atoms with E-state index in [1.807, 2.05) is 30.3 Å². The number of carbonyl (C=O) groups is 1. The zero-order valence-electron chi connectivity index (χ0n) is 13.9. The highest BCUT2D eigenvalue weighted by atomic mass is 19.3. The molecule has 0 aliphatic carbocycles. The van der Waals surface area contributed by atoms with E-state index in [1.54, 1.807) is 6.92 Å². The van der Waals surface area contributed by atoms with Crippen molar-refractivity contribution in [3.8, 4) is 5.75 Å². The molecule has 1 amide bonds. The van der Waals surface area contributed by atoms with Crippen molar-refractivity contribution in [3.05, 3.63) is 65.7 Å². The van der Waals surface area contributed by atoms with Crippen molar-refractivity contribution in [2.75, 3.05) is 6.54 Å². The first-order chi connectivity index (χ1) is 12.0. The Bertz CT molecular complexity index is 677. The first-order valence-corrected chi connectivity index (χ1v) is 8.01. The number of aliphatic hydroxyl groups is 1. The number of rotatable bonds is 8. The molecule has 25 heavy (non-hydrogen) atoms. The number of halogens is 2. The van der Waals surface area contributed by atoms with Gasteiger partial charge in [0, 0.05) is 18.0 Å². The monoisotopic (exact) mass is 349 g/mol.